The van der Waals surface area contributed by atoms with Gasteiger partial charge >= 0.3 is 16.5 Å². The number of phenols is 1. The Kier molecular flexibility index (Phi) is 11.4. The van der Waals surface area contributed by atoms with Gasteiger partial charge in [-0.1, -0.05) is 0 Å². The highest BCUT2D eigenvalue weighted by atomic mass is 32.3. The van der Waals surface area contributed by atoms with E-state index in [2.05, 4.69) is 40.0 Å². The van der Waals surface area contributed by atoms with Gasteiger partial charge in [0.15, 0.2) is 15.6 Å². The van der Waals surface area contributed by atoms with E-state index in [1.54, 1.807) is 24.3 Å². The molecule has 1 heterocycles. The second-order valence-electron chi connectivity index (χ2n) is 12.4. The number of halogens is 1. The van der Waals surface area contributed by atoms with Crippen LogP contribution in [0.4, 0.5) is 44.7 Å². The van der Waals surface area contributed by atoms with Crippen LogP contribution in [-0.4, -0.2) is 101 Å². The predicted octanol–water partition coefficient (Wildman–Crippen LogP) is 4.06. The first kappa shape index (κ1) is 41.8. The van der Waals surface area contributed by atoms with Crippen LogP contribution in [0.25, 0.3) is 10.8 Å². The highest BCUT2D eigenvalue weighted by molar-refractivity contribution is 7.91. The zero-order valence-electron chi connectivity index (χ0n) is 28.9. The first-order valence-electron chi connectivity index (χ1n) is 15.3. The van der Waals surface area contributed by atoms with E-state index in [0.29, 0.717) is 16.2 Å². The van der Waals surface area contributed by atoms with Crippen molar-refractivity contribution in [3.05, 3.63) is 72.8 Å². The van der Waals surface area contributed by atoms with Crippen molar-refractivity contribution in [2.24, 2.45) is 10.2 Å². The summed E-state index contributed by atoms with van der Waals surface area (Å²) >= 11 is 0. The number of fused-ring (bicyclic) bond motifs is 1. The van der Waals surface area contributed by atoms with E-state index in [4.69, 9.17) is 4.55 Å². The van der Waals surface area contributed by atoms with Crippen LogP contribution in [0.1, 0.15) is 0 Å². The summed E-state index contributed by atoms with van der Waals surface area (Å²) in [6.45, 7) is -0.892. The molecule has 6 N–H and O–H groups in total. The number of sulfone groups is 1. The van der Waals surface area contributed by atoms with Crippen LogP contribution >= 0.6 is 0 Å². The first-order chi connectivity index (χ1) is 25.8. The SMILES string of the molecule is C[N+](C)(C)c1ccc(Nc2nc(F)nc(Nc3cc(S(=O)(=O)O)cc4cc(S(=O)(=O)O)c(N=Nc5ccc(S(=O)(=O)CCOS(=O)(=O)O)cc5)c(O)c34)n2)cc1. The van der Waals surface area contributed by atoms with Crippen LogP contribution in [0.2, 0.25) is 0 Å². The van der Waals surface area contributed by atoms with Crippen molar-refractivity contribution >= 4 is 91.6 Å². The topological polar surface area (TPSA) is 314 Å². The van der Waals surface area contributed by atoms with Crippen LogP contribution < -0.4 is 15.1 Å². The number of quaternary nitrogens is 1. The number of azo groups is 1. The number of rotatable bonds is 14. The largest absolute Gasteiger partial charge is 0.505 e. The Labute approximate surface area is 318 Å². The number of aromatic nitrogens is 3. The van der Waals surface area contributed by atoms with Gasteiger partial charge in [0.05, 0.1) is 54.7 Å². The van der Waals surface area contributed by atoms with Gasteiger partial charge in [0.25, 0.3) is 20.2 Å². The Morgan fingerprint density at radius 2 is 1.36 bits per heavy atom. The summed E-state index contributed by atoms with van der Waals surface area (Å²) in [6.07, 6.45) is -1.30. The number of benzene rings is 4. The van der Waals surface area contributed by atoms with Crippen molar-refractivity contribution in [2.75, 3.05) is 44.1 Å². The fourth-order valence-corrected chi connectivity index (χ4v) is 7.59. The third-order valence-electron chi connectivity index (χ3n) is 7.50. The quantitative estimate of drug-likeness (QED) is 0.0521. The van der Waals surface area contributed by atoms with Gasteiger partial charge in [-0.05, 0) is 60.0 Å². The number of nitrogens with one attached hydrogen (secondary N) is 2. The Morgan fingerprint density at radius 1 is 0.750 bits per heavy atom. The summed E-state index contributed by atoms with van der Waals surface area (Å²) < 4.78 is 144. The fourth-order valence-electron chi connectivity index (χ4n) is 4.90. The van der Waals surface area contributed by atoms with Gasteiger partial charge < -0.3 is 15.7 Å². The smallest absolute Gasteiger partial charge is 0.397 e. The minimum atomic E-state index is -5.26. The van der Waals surface area contributed by atoms with Crippen molar-refractivity contribution in [3.63, 3.8) is 0 Å². The van der Waals surface area contributed by atoms with E-state index in [0.717, 1.165) is 42.1 Å². The van der Waals surface area contributed by atoms with Gasteiger partial charge in [-0.3, -0.25) is 18.1 Å². The molecule has 1 aromatic heterocycles. The molecule has 0 radical (unpaired) electrons. The lowest BCUT2D eigenvalue weighted by Crippen LogP contribution is -2.34. The maximum Gasteiger partial charge on any atom is 0.397 e. The molecule has 0 aliphatic rings. The molecule has 0 aliphatic heterocycles. The second-order valence-corrected chi connectivity index (χ2v) is 18.4. The molecule has 0 bridgehead atoms. The van der Waals surface area contributed by atoms with Gasteiger partial charge in [-0.2, -0.15) is 49.7 Å². The molecule has 0 aliphatic carbocycles. The molecule has 0 amide bonds. The molecular formula is C30H30FN8O13S4+. The van der Waals surface area contributed by atoms with Crippen molar-refractivity contribution in [1.82, 2.24) is 19.4 Å². The summed E-state index contributed by atoms with van der Waals surface area (Å²) in [7, 11) is -13.5. The highest BCUT2D eigenvalue weighted by Crippen LogP contribution is 2.45. The third kappa shape index (κ3) is 10.3. The average Bonchev–Trinajstić information content (AvgIpc) is 3.06. The zero-order valence-corrected chi connectivity index (χ0v) is 32.2. The first-order valence-corrected chi connectivity index (χ1v) is 21.2. The molecule has 0 spiro atoms. The maximum atomic E-state index is 14.7. The normalized spacial score (nSPS) is 13.0. The summed E-state index contributed by atoms with van der Waals surface area (Å²) in [5, 5.41) is 23.5. The number of nitrogens with zero attached hydrogens (tertiary/aromatic N) is 6. The van der Waals surface area contributed by atoms with Gasteiger partial charge in [0.1, 0.15) is 16.3 Å². The summed E-state index contributed by atoms with van der Waals surface area (Å²) in [5.74, 6) is -2.75. The Balaban J connectivity index is 1.56. The number of phenolic OH excluding ortho intramolecular Hbond substituents is 1. The maximum absolute atomic E-state index is 14.7. The van der Waals surface area contributed by atoms with Gasteiger partial charge in [0.2, 0.25) is 11.9 Å². The summed E-state index contributed by atoms with van der Waals surface area (Å²) in [5.41, 5.74) is -0.0868. The minimum absolute atomic E-state index is 0.133. The molecule has 0 atom stereocenters. The van der Waals surface area contributed by atoms with Crippen LogP contribution in [0.15, 0.2) is 91.6 Å². The highest BCUT2D eigenvalue weighted by Gasteiger charge is 2.26. The monoisotopic (exact) mass is 857 g/mol. The molecule has 0 fully saturated rings. The summed E-state index contributed by atoms with van der Waals surface area (Å²) in [6, 6.07) is 13.4. The standard InChI is InChI=1S/C30H29FN8O13S4/c1-39(2,3)20-8-4-18(5-9-20)32-29-34-28(31)35-30(36-29)33-23-16-22(54(43,44)45)14-17-15-24(55(46,47)48)26(27(40)25(17)23)38-37-19-6-10-21(11-7-19)53(41,42)13-12-52-56(49,50)51/h4-11,14-16H,12-13H2,1-3H3,(H5-,32,33,34,35,36,37,40,43,44,45,46,47,48,49,50,51)/p+1. The van der Waals surface area contributed by atoms with Crippen LogP contribution in [-0.2, 0) is 44.7 Å². The molecular weight excluding hydrogens is 828 g/mol. The Hall–Kier alpha value is -5.32. The van der Waals surface area contributed by atoms with E-state index >= 15 is 0 Å². The number of anilines is 4. The fraction of sp³-hybridized carbons (Fsp3) is 0.167. The van der Waals surface area contributed by atoms with E-state index in [9.17, 15) is 52.3 Å². The Bertz CT molecular complexity index is 2820. The molecule has 298 valence electrons. The molecule has 4 aromatic carbocycles. The molecule has 5 aromatic rings. The van der Waals surface area contributed by atoms with E-state index in [1.165, 1.54) is 0 Å². The number of aromatic hydroxyl groups is 1. The lowest BCUT2D eigenvalue weighted by atomic mass is 10.1. The van der Waals surface area contributed by atoms with Gasteiger partial charge in [0, 0.05) is 23.2 Å². The van der Waals surface area contributed by atoms with Crippen molar-refractivity contribution in [2.45, 2.75) is 14.7 Å². The van der Waals surface area contributed by atoms with Crippen molar-refractivity contribution in [3.8, 4) is 5.75 Å². The van der Waals surface area contributed by atoms with E-state index in [1.807, 2.05) is 21.1 Å². The molecule has 0 saturated carbocycles. The second kappa shape index (κ2) is 15.3. The van der Waals surface area contributed by atoms with E-state index < -0.39 is 103 Å². The third-order valence-corrected chi connectivity index (χ3v) is 11.4. The zero-order chi connectivity index (χ0) is 41.4. The lowest BCUT2D eigenvalue weighted by molar-refractivity contribution is 0.284. The van der Waals surface area contributed by atoms with Crippen LogP contribution in [0.5, 0.6) is 5.75 Å². The van der Waals surface area contributed by atoms with Crippen molar-refractivity contribution < 1.29 is 61.0 Å². The molecule has 5 rings (SSSR count). The average molecular weight is 858 g/mol. The summed E-state index contributed by atoms with van der Waals surface area (Å²) in [4.78, 5) is 8.98. The van der Waals surface area contributed by atoms with E-state index in [-0.39, 0.29) is 16.5 Å². The van der Waals surface area contributed by atoms with Gasteiger partial charge in [-0.15, -0.1) is 5.11 Å². The predicted molar refractivity (Wildman–Crippen MR) is 198 cm³/mol. The molecule has 56 heavy (non-hydrogen) atoms. The van der Waals surface area contributed by atoms with Crippen LogP contribution in [0, 0.1) is 6.08 Å². The minimum Gasteiger partial charge on any atom is -0.505 e. The molecule has 0 unspecified atom stereocenters. The van der Waals surface area contributed by atoms with Crippen molar-refractivity contribution in [1.29, 1.82) is 0 Å². The van der Waals surface area contributed by atoms with Gasteiger partial charge in [-0.25, -0.2) is 12.6 Å². The number of hydrogen-bond acceptors (Lipinski definition) is 17. The lowest BCUT2D eigenvalue weighted by Gasteiger charge is -2.23. The number of hydrogen-bond donors (Lipinski definition) is 6. The molecule has 21 nitrogen and oxygen atoms in total. The Morgan fingerprint density at radius 3 is 1.91 bits per heavy atom. The molecule has 26 heteroatoms. The van der Waals surface area contributed by atoms with Crippen LogP contribution in [0.3, 0.4) is 0 Å². The molecule has 0 saturated heterocycles.